The van der Waals surface area contributed by atoms with Crippen LogP contribution in [-0.2, 0) is 16.0 Å². The zero-order valence-corrected chi connectivity index (χ0v) is 8.62. The number of aromatic amines is 1. The number of carbonyl (C=O) groups excluding carboxylic acids is 1. The van der Waals surface area contributed by atoms with Crippen LogP contribution in [0.4, 0.5) is 0 Å². The average Bonchev–Trinajstić information content (AvgIpc) is 2.67. The highest BCUT2D eigenvalue weighted by molar-refractivity contribution is 5.86. The fourth-order valence-electron chi connectivity index (χ4n) is 1.66. The normalized spacial score (nSPS) is 10.5. The van der Waals surface area contributed by atoms with Crippen LogP contribution in [0.5, 0.6) is 0 Å². The molecule has 0 unspecified atom stereocenters. The van der Waals surface area contributed by atoms with Gasteiger partial charge in [-0.1, -0.05) is 18.2 Å². The first kappa shape index (κ1) is 9.77. The van der Waals surface area contributed by atoms with Gasteiger partial charge < -0.3 is 9.72 Å². The van der Waals surface area contributed by atoms with E-state index in [9.17, 15) is 4.79 Å². The Balaban J connectivity index is 2.27. The Labute approximate surface area is 88.1 Å². The molecule has 0 amide bonds. The minimum absolute atomic E-state index is 0.181. The first-order chi connectivity index (χ1) is 7.31. The third kappa shape index (κ3) is 2.01. The molecular weight excluding hydrogens is 190 g/mol. The lowest BCUT2D eigenvalue weighted by molar-refractivity contribution is -0.142. The van der Waals surface area contributed by atoms with Crippen LogP contribution in [-0.4, -0.2) is 17.6 Å². The SMILES string of the molecule is CCOC(=O)Cc1cccc2cc[nH]c12. The second-order valence-electron chi connectivity index (χ2n) is 3.34. The molecule has 0 saturated heterocycles. The molecule has 78 valence electrons. The molecule has 0 aliphatic carbocycles. The van der Waals surface area contributed by atoms with Gasteiger partial charge in [-0.25, -0.2) is 0 Å². The van der Waals surface area contributed by atoms with E-state index in [2.05, 4.69) is 4.98 Å². The summed E-state index contributed by atoms with van der Waals surface area (Å²) in [7, 11) is 0. The number of carbonyl (C=O) groups is 1. The second kappa shape index (κ2) is 4.17. The quantitative estimate of drug-likeness (QED) is 0.777. The Bertz CT molecular complexity index is 473. The lowest BCUT2D eigenvalue weighted by Gasteiger charge is -2.03. The number of H-pyrrole nitrogens is 1. The van der Waals surface area contributed by atoms with E-state index in [4.69, 9.17) is 4.74 Å². The van der Waals surface area contributed by atoms with Gasteiger partial charge in [0.25, 0.3) is 0 Å². The van der Waals surface area contributed by atoms with E-state index in [0.717, 1.165) is 16.5 Å². The lowest BCUT2D eigenvalue weighted by Crippen LogP contribution is -2.07. The first-order valence-corrected chi connectivity index (χ1v) is 5.02. The largest absolute Gasteiger partial charge is 0.466 e. The van der Waals surface area contributed by atoms with Crippen molar-refractivity contribution >= 4 is 16.9 Å². The summed E-state index contributed by atoms with van der Waals surface area (Å²) in [6, 6.07) is 7.89. The van der Waals surface area contributed by atoms with Crippen LogP contribution < -0.4 is 0 Å². The second-order valence-corrected chi connectivity index (χ2v) is 3.34. The molecule has 2 aromatic rings. The van der Waals surface area contributed by atoms with Crippen molar-refractivity contribution in [1.29, 1.82) is 0 Å². The molecule has 0 spiro atoms. The zero-order chi connectivity index (χ0) is 10.7. The fourth-order valence-corrected chi connectivity index (χ4v) is 1.66. The van der Waals surface area contributed by atoms with Crippen molar-refractivity contribution in [1.82, 2.24) is 4.98 Å². The molecule has 0 aliphatic heterocycles. The van der Waals surface area contributed by atoms with Gasteiger partial charge in [-0.3, -0.25) is 4.79 Å². The lowest BCUT2D eigenvalue weighted by atomic mass is 10.1. The first-order valence-electron chi connectivity index (χ1n) is 5.02. The molecule has 15 heavy (non-hydrogen) atoms. The third-order valence-electron chi connectivity index (χ3n) is 2.31. The van der Waals surface area contributed by atoms with Gasteiger partial charge in [0.05, 0.1) is 13.0 Å². The van der Waals surface area contributed by atoms with Crippen molar-refractivity contribution in [3.05, 3.63) is 36.0 Å². The molecule has 0 bridgehead atoms. The van der Waals surface area contributed by atoms with E-state index in [1.807, 2.05) is 37.4 Å². The Morgan fingerprint density at radius 1 is 1.40 bits per heavy atom. The van der Waals surface area contributed by atoms with Crippen molar-refractivity contribution < 1.29 is 9.53 Å². The average molecular weight is 203 g/mol. The van der Waals surface area contributed by atoms with E-state index in [1.54, 1.807) is 0 Å². The van der Waals surface area contributed by atoms with Crippen LogP contribution >= 0.6 is 0 Å². The molecule has 0 fully saturated rings. The van der Waals surface area contributed by atoms with Crippen molar-refractivity contribution in [2.45, 2.75) is 13.3 Å². The van der Waals surface area contributed by atoms with Gasteiger partial charge in [0.15, 0.2) is 0 Å². The summed E-state index contributed by atoms with van der Waals surface area (Å²) < 4.78 is 4.92. The van der Waals surface area contributed by atoms with Gasteiger partial charge >= 0.3 is 5.97 Å². The Morgan fingerprint density at radius 3 is 3.07 bits per heavy atom. The van der Waals surface area contributed by atoms with Crippen LogP contribution in [0.25, 0.3) is 10.9 Å². The van der Waals surface area contributed by atoms with Gasteiger partial charge in [-0.05, 0) is 23.9 Å². The fraction of sp³-hybridized carbons (Fsp3) is 0.250. The number of benzene rings is 1. The summed E-state index contributed by atoms with van der Waals surface area (Å²) in [6.45, 7) is 2.24. The van der Waals surface area contributed by atoms with Gasteiger partial charge in [0, 0.05) is 11.7 Å². The monoisotopic (exact) mass is 203 g/mol. The molecular formula is C12H13NO2. The topological polar surface area (TPSA) is 42.1 Å². The molecule has 1 heterocycles. The molecule has 1 aromatic carbocycles. The van der Waals surface area contributed by atoms with Gasteiger partial charge in [0.2, 0.25) is 0 Å². The van der Waals surface area contributed by atoms with Crippen molar-refractivity contribution in [3.63, 3.8) is 0 Å². The van der Waals surface area contributed by atoms with E-state index >= 15 is 0 Å². The molecule has 3 heteroatoms. The standard InChI is InChI=1S/C12H13NO2/c1-2-15-11(14)8-10-5-3-4-9-6-7-13-12(9)10/h3-7,13H,2,8H2,1H3. The number of nitrogens with one attached hydrogen (secondary N) is 1. The molecule has 0 saturated carbocycles. The molecule has 1 aromatic heterocycles. The number of esters is 1. The van der Waals surface area contributed by atoms with E-state index in [-0.39, 0.29) is 5.97 Å². The summed E-state index contributed by atoms with van der Waals surface area (Å²) >= 11 is 0. The Kier molecular flexibility index (Phi) is 2.72. The van der Waals surface area contributed by atoms with Crippen LogP contribution in [0.2, 0.25) is 0 Å². The van der Waals surface area contributed by atoms with Gasteiger partial charge in [-0.15, -0.1) is 0 Å². The Morgan fingerprint density at radius 2 is 2.27 bits per heavy atom. The summed E-state index contributed by atoms with van der Waals surface area (Å²) in [5.41, 5.74) is 2.00. The highest BCUT2D eigenvalue weighted by Crippen LogP contribution is 2.17. The molecule has 0 aliphatic rings. The number of para-hydroxylation sites is 1. The molecule has 3 nitrogen and oxygen atoms in total. The van der Waals surface area contributed by atoms with Crippen molar-refractivity contribution in [3.8, 4) is 0 Å². The molecule has 2 rings (SSSR count). The van der Waals surface area contributed by atoms with Gasteiger partial charge in [-0.2, -0.15) is 0 Å². The van der Waals surface area contributed by atoms with E-state index in [0.29, 0.717) is 13.0 Å². The summed E-state index contributed by atoms with van der Waals surface area (Å²) in [4.78, 5) is 14.5. The highest BCUT2D eigenvalue weighted by atomic mass is 16.5. The predicted octanol–water partition coefficient (Wildman–Crippen LogP) is 2.27. The van der Waals surface area contributed by atoms with E-state index in [1.165, 1.54) is 0 Å². The number of aromatic nitrogens is 1. The maximum atomic E-state index is 11.3. The van der Waals surface area contributed by atoms with Crippen LogP contribution in [0, 0.1) is 0 Å². The zero-order valence-electron chi connectivity index (χ0n) is 8.62. The smallest absolute Gasteiger partial charge is 0.310 e. The summed E-state index contributed by atoms with van der Waals surface area (Å²) in [6.07, 6.45) is 2.20. The maximum Gasteiger partial charge on any atom is 0.310 e. The summed E-state index contributed by atoms with van der Waals surface area (Å²) in [5.74, 6) is -0.181. The van der Waals surface area contributed by atoms with Crippen molar-refractivity contribution in [2.75, 3.05) is 6.61 Å². The molecule has 1 N–H and O–H groups in total. The van der Waals surface area contributed by atoms with Crippen LogP contribution in [0.15, 0.2) is 30.5 Å². The number of rotatable bonds is 3. The van der Waals surface area contributed by atoms with Crippen LogP contribution in [0.1, 0.15) is 12.5 Å². The third-order valence-corrected chi connectivity index (χ3v) is 2.31. The van der Waals surface area contributed by atoms with Crippen LogP contribution in [0.3, 0.4) is 0 Å². The maximum absolute atomic E-state index is 11.3. The highest BCUT2D eigenvalue weighted by Gasteiger charge is 2.07. The minimum atomic E-state index is -0.181. The summed E-state index contributed by atoms with van der Waals surface area (Å²) in [5, 5.41) is 1.12. The number of hydrogen-bond acceptors (Lipinski definition) is 2. The van der Waals surface area contributed by atoms with E-state index < -0.39 is 0 Å². The predicted molar refractivity (Wildman–Crippen MR) is 58.6 cm³/mol. The van der Waals surface area contributed by atoms with Gasteiger partial charge in [0.1, 0.15) is 0 Å². The minimum Gasteiger partial charge on any atom is -0.466 e. The van der Waals surface area contributed by atoms with Crippen molar-refractivity contribution in [2.24, 2.45) is 0 Å². The Hall–Kier alpha value is -1.77. The number of hydrogen-bond donors (Lipinski definition) is 1. The number of ether oxygens (including phenoxy) is 1. The molecule has 0 atom stereocenters. The molecule has 0 radical (unpaired) electrons. The number of fused-ring (bicyclic) bond motifs is 1.